The largest absolute Gasteiger partial charge is 0.494 e. The summed E-state index contributed by atoms with van der Waals surface area (Å²) in [5.74, 6) is 0.126. The van der Waals surface area contributed by atoms with Gasteiger partial charge in [-0.25, -0.2) is 4.99 Å². The van der Waals surface area contributed by atoms with E-state index < -0.39 is 11.9 Å². The molecule has 2 aromatic rings. The number of nitrogens with one attached hydrogen (secondary N) is 3. The molecular formula is C21H24N6O3. The fraction of sp³-hybridized carbons (Fsp3) is 0.238. The molecule has 1 atom stereocenters. The summed E-state index contributed by atoms with van der Waals surface area (Å²) in [6, 6.07) is 13.7. The van der Waals surface area contributed by atoms with Gasteiger partial charge in [0.05, 0.1) is 13.0 Å². The van der Waals surface area contributed by atoms with Gasteiger partial charge in [0.15, 0.2) is 0 Å². The van der Waals surface area contributed by atoms with Crippen LogP contribution in [0.4, 0.5) is 11.4 Å². The average molecular weight is 408 g/mol. The Morgan fingerprint density at radius 2 is 1.77 bits per heavy atom. The molecule has 2 amide bonds. The van der Waals surface area contributed by atoms with Crippen LogP contribution in [0.5, 0.6) is 5.75 Å². The lowest BCUT2D eigenvalue weighted by Gasteiger charge is -2.08. The second kappa shape index (κ2) is 9.55. The van der Waals surface area contributed by atoms with Crippen LogP contribution < -0.4 is 26.4 Å². The highest BCUT2D eigenvalue weighted by Gasteiger charge is 2.28. The minimum absolute atomic E-state index is 0.0657. The van der Waals surface area contributed by atoms with E-state index in [1.165, 1.54) is 0 Å². The molecule has 0 saturated heterocycles. The molecule has 0 spiro atoms. The van der Waals surface area contributed by atoms with Crippen LogP contribution in [-0.2, 0) is 9.59 Å². The van der Waals surface area contributed by atoms with Crippen molar-refractivity contribution in [1.29, 1.82) is 0 Å². The van der Waals surface area contributed by atoms with E-state index in [2.05, 4.69) is 25.9 Å². The number of benzene rings is 2. The number of ether oxygens (including phenoxy) is 1. The summed E-state index contributed by atoms with van der Waals surface area (Å²) in [7, 11) is 0. The molecule has 3 rings (SSSR count). The van der Waals surface area contributed by atoms with E-state index in [9.17, 15) is 9.59 Å². The summed E-state index contributed by atoms with van der Waals surface area (Å²) >= 11 is 0. The molecule has 30 heavy (non-hydrogen) atoms. The number of guanidine groups is 2. The molecule has 0 bridgehead atoms. The van der Waals surface area contributed by atoms with Crippen molar-refractivity contribution in [3.63, 3.8) is 0 Å². The Morgan fingerprint density at radius 3 is 2.43 bits per heavy atom. The number of nitrogens with zero attached hydrogens (tertiary/aromatic N) is 2. The number of hydrogen-bond donors (Lipinski definition) is 4. The lowest BCUT2D eigenvalue weighted by molar-refractivity contribution is -0.123. The molecule has 1 aliphatic rings. The Kier molecular flexibility index (Phi) is 6.63. The highest BCUT2D eigenvalue weighted by Crippen LogP contribution is 2.16. The van der Waals surface area contributed by atoms with Crippen molar-refractivity contribution < 1.29 is 14.3 Å². The predicted octanol–water partition coefficient (Wildman–Crippen LogP) is 2.00. The van der Waals surface area contributed by atoms with Gasteiger partial charge in [0.1, 0.15) is 11.8 Å². The molecule has 9 nitrogen and oxygen atoms in total. The van der Waals surface area contributed by atoms with E-state index >= 15 is 0 Å². The van der Waals surface area contributed by atoms with Crippen molar-refractivity contribution in [1.82, 2.24) is 5.32 Å². The average Bonchev–Trinajstić information content (AvgIpc) is 3.04. The van der Waals surface area contributed by atoms with Gasteiger partial charge in [0.25, 0.3) is 5.91 Å². The highest BCUT2D eigenvalue weighted by atomic mass is 16.5. The highest BCUT2D eigenvalue weighted by molar-refractivity contribution is 6.11. The van der Waals surface area contributed by atoms with E-state index in [0.717, 1.165) is 17.0 Å². The predicted molar refractivity (Wildman–Crippen MR) is 117 cm³/mol. The summed E-state index contributed by atoms with van der Waals surface area (Å²) in [5, 5.41) is 8.18. The molecule has 1 unspecified atom stereocenters. The fourth-order valence-corrected chi connectivity index (χ4v) is 2.74. The van der Waals surface area contributed by atoms with Gasteiger partial charge in [-0.05, 0) is 50.2 Å². The van der Waals surface area contributed by atoms with Crippen LogP contribution in [0.15, 0.2) is 58.5 Å². The van der Waals surface area contributed by atoms with Crippen molar-refractivity contribution in [2.75, 3.05) is 17.2 Å². The van der Waals surface area contributed by atoms with E-state index in [-0.39, 0.29) is 24.2 Å². The lowest BCUT2D eigenvalue weighted by atomic mass is 10.2. The molecule has 0 aromatic heterocycles. The second-order valence-electron chi connectivity index (χ2n) is 6.66. The van der Waals surface area contributed by atoms with Crippen molar-refractivity contribution in [3.05, 3.63) is 54.1 Å². The number of carbonyl (C=O) groups excluding carboxylic acids is 2. The first-order valence-electron chi connectivity index (χ1n) is 9.52. The summed E-state index contributed by atoms with van der Waals surface area (Å²) in [6.07, 6.45) is -0.108. The summed E-state index contributed by atoms with van der Waals surface area (Å²) in [4.78, 5) is 32.6. The third-order valence-corrected chi connectivity index (χ3v) is 4.19. The van der Waals surface area contributed by atoms with Gasteiger partial charge >= 0.3 is 0 Å². The van der Waals surface area contributed by atoms with E-state index in [4.69, 9.17) is 10.5 Å². The topological polar surface area (TPSA) is 130 Å². The normalized spacial score (nSPS) is 15.9. The number of aliphatic imine (C=N–C) groups is 2. The van der Waals surface area contributed by atoms with Gasteiger partial charge in [0.2, 0.25) is 17.8 Å². The van der Waals surface area contributed by atoms with Crippen molar-refractivity contribution in [2.24, 2.45) is 15.7 Å². The minimum Gasteiger partial charge on any atom is -0.494 e. The number of rotatable bonds is 6. The van der Waals surface area contributed by atoms with Crippen LogP contribution >= 0.6 is 0 Å². The van der Waals surface area contributed by atoms with Crippen LogP contribution in [0, 0.1) is 6.92 Å². The standard InChI is InChI=1S/C21H24N6O3/c1-3-30-16-10-8-14(9-11-16)23-18(28)12-17-19(29)26-21(25-17)27-20(22)24-15-6-4-13(2)5-7-15/h4-11,17H,3,12H2,1-2H3,(H,23,28)(H4,22,24,25,26,27,29). The Labute approximate surface area is 174 Å². The molecular weight excluding hydrogens is 384 g/mol. The minimum atomic E-state index is -0.862. The van der Waals surface area contributed by atoms with Crippen LogP contribution in [0.1, 0.15) is 18.9 Å². The van der Waals surface area contributed by atoms with E-state index in [0.29, 0.717) is 12.3 Å². The molecule has 9 heteroatoms. The molecule has 1 heterocycles. The van der Waals surface area contributed by atoms with Gasteiger partial charge in [0, 0.05) is 11.4 Å². The van der Waals surface area contributed by atoms with Gasteiger partial charge in [-0.15, -0.1) is 0 Å². The molecule has 156 valence electrons. The lowest BCUT2D eigenvalue weighted by Crippen LogP contribution is -2.32. The van der Waals surface area contributed by atoms with Gasteiger partial charge < -0.3 is 21.1 Å². The monoisotopic (exact) mass is 408 g/mol. The van der Waals surface area contributed by atoms with Crippen LogP contribution in [0.2, 0.25) is 0 Å². The van der Waals surface area contributed by atoms with Gasteiger partial charge in [-0.1, -0.05) is 17.7 Å². The number of aryl methyl sites for hydroxylation is 1. The Balaban J connectivity index is 1.56. The number of anilines is 2. The summed E-state index contributed by atoms with van der Waals surface area (Å²) < 4.78 is 5.36. The molecule has 0 fully saturated rings. The Hall–Kier alpha value is -3.88. The summed E-state index contributed by atoms with van der Waals surface area (Å²) in [6.45, 7) is 4.44. The van der Waals surface area contributed by atoms with E-state index in [1.807, 2.05) is 38.1 Å². The van der Waals surface area contributed by atoms with E-state index in [1.54, 1.807) is 24.3 Å². The molecule has 1 aliphatic heterocycles. The molecule has 0 saturated carbocycles. The first kappa shape index (κ1) is 20.8. The second-order valence-corrected chi connectivity index (χ2v) is 6.66. The van der Waals surface area contributed by atoms with Crippen LogP contribution in [0.3, 0.4) is 0 Å². The number of amides is 2. The SMILES string of the molecule is CCOc1ccc(NC(=O)CC2N=C(/N=C(\N)Nc3ccc(C)cc3)NC2=O)cc1. The van der Waals surface area contributed by atoms with Gasteiger partial charge in [-0.3, -0.25) is 14.9 Å². The number of nitrogens with two attached hydrogens (primary N) is 1. The molecule has 2 aromatic carbocycles. The van der Waals surface area contributed by atoms with Crippen LogP contribution in [0.25, 0.3) is 0 Å². The number of hydrogen-bond acceptors (Lipinski definition) is 5. The van der Waals surface area contributed by atoms with Crippen molar-refractivity contribution >= 4 is 35.1 Å². The molecule has 5 N–H and O–H groups in total. The van der Waals surface area contributed by atoms with Crippen molar-refractivity contribution in [2.45, 2.75) is 26.3 Å². The zero-order valence-corrected chi connectivity index (χ0v) is 16.8. The molecule has 0 aliphatic carbocycles. The zero-order valence-electron chi connectivity index (χ0n) is 16.8. The Morgan fingerprint density at radius 1 is 1.13 bits per heavy atom. The van der Waals surface area contributed by atoms with Gasteiger partial charge in [-0.2, -0.15) is 4.99 Å². The summed E-state index contributed by atoms with van der Waals surface area (Å²) in [5.41, 5.74) is 8.36. The quantitative estimate of drug-likeness (QED) is 0.429. The van der Waals surface area contributed by atoms with Crippen LogP contribution in [-0.4, -0.2) is 36.4 Å². The third kappa shape index (κ3) is 5.81. The first-order valence-corrected chi connectivity index (χ1v) is 9.52. The smallest absolute Gasteiger partial charge is 0.252 e. The maximum Gasteiger partial charge on any atom is 0.252 e. The third-order valence-electron chi connectivity index (χ3n) is 4.19. The van der Waals surface area contributed by atoms with Crippen molar-refractivity contribution in [3.8, 4) is 5.75 Å². The molecule has 0 radical (unpaired) electrons. The maximum atomic E-state index is 12.3. The Bertz CT molecular complexity index is 967. The zero-order chi connectivity index (χ0) is 21.5. The number of carbonyl (C=O) groups is 2. The maximum absolute atomic E-state index is 12.3. The fourth-order valence-electron chi connectivity index (χ4n) is 2.74. The first-order chi connectivity index (χ1) is 14.4.